The number of aromatic nitrogens is 3. The molecule has 35 heavy (non-hydrogen) atoms. The third kappa shape index (κ3) is 4.94. The first-order valence-corrected chi connectivity index (χ1v) is 12.0. The second kappa shape index (κ2) is 8.99. The summed E-state index contributed by atoms with van der Waals surface area (Å²) < 4.78 is 0. The number of H-pyrrole nitrogens is 1. The van der Waals surface area contributed by atoms with Crippen molar-refractivity contribution in [1.29, 1.82) is 5.26 Å². The number of amides is 2. The molecule has 178 valence electrons. The van der Waals surface area contributed by atoms with Crippen LogP contribution in [0.5, 0.6) is 0 Å². The summed E-state index contributed by atoms with van der Waals surface area (Å²) in [6.07, 6.45) is 6.76. The Balaban J connectivity index is 1.32. The molecule has 4 heterocycles. The first-order chi connectivity index (χ1) is 16.8. The average molecular weight is 469 g/mol. The van der Waals surface area contributed by atoms with Gasteiger partial charge in [-0.3, -0.25) is 9.59 Å². The number of rotatable bonds is 6. The van der Waals surface area contributed by atoms with E-state index in [2.05, 4.69) is 38.5 Å². The number of nitrogens with zero attached hydrogens (tertiary/aromatic N) is 4. The maximum Gasteiger partial charge on any atom is 0.269 e. The van der Waals surface area contributed by atoms with Crippen LogP contribution >= 0.6 is 0 Å². The van der Waals surface area contributed by atoms with E-state index in [1.165, 1.54) is 5.57 Å². The Bertz CT molecular complexity index is 1380. The summed E-state index contributed by atoms with van der Waals surface area (Å²) in [5.74, 6) is 0.232. The lowest BCUT2D eigenvalue weighted by molar-refractivity contribution is -0.132. The van der Waals surface area contributed by atoms with E-state index in [1.54, 1.807) is 32.2 Å². The zero-order chi connectivity index (χ0) is 24.6. The molecule has 5 rings (SSSR count). The van der Waals surface area contributed by atoms with Gasteiger partial charge in [-0.2, -0.15) is 5.26 Å². The van der Waals surface area contributed by atoms with E-state index in [0.717, 1.165) is 48.1 Å². The van der Waals surface area contributed by atoms with Gasteiger partial charge in [-0.15, -0.1) is 0 Å². The van der Waals surface area contributed by atoms with Crippen LogP contribution < -0.4 is 5.32 Å². The first-order valence-electron chi connectivity index (χ1n) is 12.0. The van der Waals surface area contributed by atoms with Gasteiger partial charge in [0.2, 0.25) is 5.91 Å². The molecule has 2 amide bonds. The summed E-state index contributed by atoms with van der Waals surface area (Å²) in [6.45, 7) is 5.20. The van der Waals surface area contributed by atoms with Gasteiger partial charge in [0.1, 0.15) is 11.3 Å². The largest absolute Gasteiger partial charge is 0.349 e. The fourth-order valence-electron chi connectivity index (χ4n) is 4.18. The molecule has 1 aliphatic carbocycles. The molecular formula is C27H28N6O2. The molecule has 0 bridgehead atoms. The molecule has 1 aliphatic heterocycles. The van der Waals surface area contributed by atoms with E-state index in [0.29, 0.717) is 23.8 Å². The third-order valence-electron chi connectivity index (χ3n) is 6.53. The highest BCUT2D eigenvalue weighted by atomic mass is 16.2. The van der Waals surface area contributed by atoms with Crippen molar-refractivity contribution in [2.24, 2.45) is 11.3 Å². The quantitative estimate of drug-likeness (QED) is 0.569. The Kier molecular flexibility index (Phi) is 5.85. The Morgan fingerprint density at radius 2 is 2.11 bits per heavy atom. The maximum atomic E-state index is 12.6. The minimum absolute atomic E-state index is 0.246. The second-order valence-electron chi connectivity index (χ2n) is 9.97. The number of nitrogens with one attached hydrogen (secondary N) is 2. The molecule has 0 atom stereocenters. The fourth-order valence-corrected chi connectivity index (χ4v) is 4.18. The summed E-state index contributed by atoms with van der Waals surface area (Å²) in [6, 6.07) is 11.6. The molecular weight excluding hydrogens is 440 g/mol. The van der Waals surface area contributed by atoms with Gasteiger partial charge in [0.15, 0.2) is 0 Å². The summed E-state index contributed by atoms with van der Waals surface area (Å²) in [7, 11) is 0. The minimum atomic E-state index is -0.646. The van der Waals surface area contributed by atoms with Crippen molar-refractivity contribution >= 4 is 28.4 Å². The standard InChI is InChI=1S/C27H28N6O2/c1-27(2,15-28)16-30-25(34)22-5-3-4-21(31-22)20-12-19-13-23(32-24(19)29-14-20)17-8-10-33(11-9-17)26(35)18-6-7-18/h3-5,8,12-14,18H,6-7,9-11,16H2,1-2H3,(H,29,32)(H,30,34). The SMILES string of the molecule is CC(C)(C#N)CNC(=O)c1cccc(-c2cnc3[nH]c(C4=CCN(C(=O)C5CC5)CC4)cc3c2)n1. The van der Waals surface area contributed by atoms with Gasteiger partial charge in [0, 0.05) is 48.4 Å². The van der Waals surface area contributed by atoms with Crippen molar-refractivity contribution in [3.63, 3.8) is 0 Å². The van der Waals surface area contributed by atoms with Crippen molar-refractivity contribution in [1.82, 2.24) is 25.2 Å². The molecule has 3 aromatic heterocycles. The van der Waals surface area contributed by atoms with E-state index in [4.69, 9.17) is 5.26 Å². The van der Waals surface area contributed by atoms with Gasteiger partial charge in [0.25, 0.3) is 5.91 Å². The molecule has 1 saturated carbocycles. The third-order valence-corrected chi connectivity index (χ3v) is 6.53. The lowest BCUT2D eigenvalue weighted by Gasteiger charge is -2.26. The summed E-state index contributed by atoms with van der Waals surface area (Å²) in [4.78, 5) is 39.3. The smallest absolute Gasteiger partial charge is 0.269 e. The number of carbonyl (C=O) groups is 2. The first kappa shape index (κ1) is 22.8. The number of hydrogen-bond acceptors (Lipinski definition) is 5. The number of hydrogen-bond donors (Lipinski definition) is 2. The zero-order valence-electron chi connectivity index (χ0n) is 20.0. The molecule has 8 nitrogen and oxygen atoms in total. The molecule has 8 heteroatoms. The maximum absolute atomic E-state index is 12.6. The van der Waals surface area contributed by atoms with Crippen LogP contribution in [0, 0.1) is 22.7 Å². The van der Waals surface area contributed by atoms with Gasteiger partial charge in [-0.1, -0.05) is 12.1 Å². The summed E-state index contributed by atoms with van der Waals surface area (Å²) in [5, 5.41) is 12.9. The van der Waals surface area contributed by atoms with Crippen LogP contribution in [0.3, 0.4) is 0 Å². The van der Waals surface area contributed by atoms with Gasteiger partial charge < -0.3 is 15.2 Å². The normalized spacial score (nSPS) is 16.0. The topological polar surface area (TPSA) is 115 Å². The molecule has 0 radical (unpaired) electrons. The number of carbonyl (C=O) groups excluding carboxylic acids is 2. The van der Waals surface area contributed by atoms with Crippen LogP contribution in [0.1, 0.15) is 49.3 Å². The zero-order valence-corrected chi connectivity index (χ0v) is 20.0. The summed E-state index contributed by atoms with van der Waals surface area (Å²) in [5.41, 5.74) is 4.12. The minimum Gasteiger partial charge on any atom is -0.349 e. The van der Waals surface area contributed by atoms with Crippen molar-refractivity contribution < 1.29 is 9.59 Å². The van der Waals surface area contributed by atoms with Crippen molar-refractivity contribution in [3.05, 3.63) is 54.0 Å². The predicted octanol–water partition coefficient (Wildman–Crippen LogP) is 3.93. The Hall–Kier alpha value is -3.99. The average Bonchev–Trinajstić information content (AvgIpc) is 3.65. The van der Waals surface area contributed by atoms with Crippen LogP contribution in [-0.4, -0.2) is 51.3 Å². The van der Waals surface area contributed by atoms with Crippen LogP contribution in [0.4, 0.5) is 0 Å². The van der Waals surface area contributed by atoms with E-state index in [1.807, 2.05) is 17.0 Å². The Morgan fingerprint density at radius 3 is 2.83 bits per heavy atom. The van der Waals surface area contributed by atoms with Gasteiger partial charge in [-0.25, -0.2) is 9.97 Å². The highest BCUT2D eigenvalue weighted by Gasteiger charge is 2.33. The number of nitriles is 1. The second-order valence-corrected chi connectivity index (χ2v) is 9.97. The number of fused-ring (bicyclic) bond motifs is 1. The molecule has 1 fully saturated rings. The Labute approximate surface area is 204 Å². The lowest BCUT2D eigenvalue weighted by Crippen LogP contribution is -2.35. The molecule has 0 unspecified atom stereocenters. The monoisotopic (exact) mass is 468 g/mol. The van der Waals surface area contributed by atoms with Crippen LogP contribution in [0.2, 0.25) is 0 Å². The number of pyridine rings is 2. The van der Waals surface area contributed by atoms with Gasteiger partial charge in [-0.05, 0) is 62.9 Å². The molecule has 0 saturated heterocycles. The Morgan fingerprint density at radius 1 is 1.29 bits per heavy atom. The van der Waals surface area contributed by atoms with Crippen molar-refractivity contribution in [3.8, 4) is 17.3 Å². The highest BCUT2D eigenvalue weighted by molar-refractivity contribution is 5.93. The molecule has 2 N–H and O–H groups in total. The van der Waals surface area contributed by atoms with E-state index >= 15 is 0 Å². The number of aromatic amines is 1. The van der Waals surface area contributed by atoms with E-state index in [-0.39, 0.29) is 18.4 Å². The fraction of sp³-hybridized carbons (Fsp3) is 0.370. The van der Waals surface area contributed by atoms with Crippen LogP contribution in [0.25, 0.3) is 27.9 Å². The van der Waals surface area contributed by atoms with Gasteiger partial charge in [0.05, 0.1) is 17.2 Å². The van der Waals surface area contributed by atoms with Crippen LogP contribution in [-0.2, 0) is 4.79 Å². The molecule has 3 aromatic rings. The molecule has 2 aliphatic rings. The van der Waals surface area contributed by atoms with E-state index in [9.17, 15) is 9.59 Å². The van der Waals surface area contributed by atoms with Crippen molar-refractivity contribution in [2.45, 2.75) is 33.1 Å². The molecule has 0 aromatic carbocycles. The van der Waals surface area contributed by atoms with Crippen molar-refractivity contribution in [2.75, 3.05) is 19.6 Å². The summed E-state index contributed by atoms with van der Waals surface area (Å²) >= 11 is 0. The van der Waals surface area contributed by atoms with Crippen LogP contribution in [0.15, 0.2) is 42.6 Å². The predicted molar refractivity (Wildman–Crippen MR) is 133 cm³/mol. The van der Waals surface area contributed by atoms with E-state index < -0.39 is 5.41 Å². The van der Waals surface area contributed by atoms with Gasteiger partial charge >= 0.3 is 0 Å². The molecule has 0 spiro atoms. The lowest BCUT2D eigenvalue weighted by atomic mass is 9.96. The highest BCUT2D eigenvalue weighted by Crippen LogP contribution is 2.33.